The number of thiophene rings is 1. The lowest BCUT2D eigenvalue weighted by atomic mass is 10.1. The van der Waals surface area contributed by atoms with Gasteiger partial charge in [-0.05, 0) is 43.0 Å². The van der Waals surface area contributed by atoms with Crippen LogP contribution >= 0.6 is 22.7 Å². The van der Waals surface area contributed by atoms with Gasteiger partial charge in [0.2, 0.25) is 0 Å². The summed E-state index contributed by atoms with van der Waals surface area (Å²) in [6.07, 6.45) is 0. The molecular weight excluding hydrogens is 384 g/mol. The second-order valence-electron chi connectivity index (χ2n) is 6.04. The van der Waals surface area contributed by atoms with Crippen molar-refractivity contribution in [3.05, 3.63) is 57.5 Å². The molecule has 3 heterocycles. The molecule has 0 saturated carbocycles. The summed E-state index contributed by atoms with van der Waals surface area (Å²) < 4.78 is 6.02. The molecule has 1 atom stereocenters. The Morgan fingerprint density at radius 1 is 1.37 bits per heavy atom. The molecule has 1 aromatic carbocycles. The first-order chi connectivity index (χ1) is 13.0. The molecule has 2 aromatic heterocycles. The highest BCUT2D eigenvalue weighted by molar-refractivity contribution is 7.22. The summed E-state index contributed by atoms with van der Waals surface area (Å²) in [4.78, 5) is 32.0. The smallest absolute Gasteiger partial charge is 0.340 e. The molecule has 138 valence electrons. The van der Waals surface area contributed by atoms with Crippen molar-refractivity contribution < 1.29 is 19.4 Å². The van der Waals surface area contributed by atoms with E-state index in [9.17, 15) is 14.7 Å². The number of anilines is 1. The maximum absolute atomic E-state index is 12.9. The van der Waals surface area contributed by atoms with Crippen LogP contribution in [0.15, 0.2) is 47.0 Å². The SMILES string of the molecule is CCOC(=O)C1=C(O)C(=O)N(c2nc3ccc(C)cc3s2)C1c1cccs1. The van der Waals surface area contributed by atoms with Gasteiger partial charge in [0.1, 0.15) is 11.6 Å². The Balaban J connectivity index is 1.85. The van der Waals surface area contributed by atoms with Crippen LogP contribution in [0.2, 0.25) is 0 Å². The zero-order chi connectivity index (χ0) is 19.1. The Morgan fingerprint density at radius 2 is 2.19 bits per heavy atom. The third kappa shape index (κ3) is 2.90. The molecule has 0 bridgehead atoms. The summed E-state index contributed by atoms with van der Waals surface area (Å²) in [7, 11) is 0. The number of aliphatic hydroxyl groups excluding tert-OH is 1. The average Bonchev–Trinajstić information content (AvgIpc) is 3.34. The molecule has 6 nitrogen and oxygen atoms in total. The molecule has 4 rings (SSSR count). The summed E-state index contributed by atoms with van der Waals surface area (Å²) in [5.74, 6) is -1.92. The van der Waals surface area contributed by atoms with Crippen LogP contribution in [0.25, 0.3) is 10.2 Å². The van der Waals surface area contributed by atoms with Crippen LogP contribution in [0.1, 0.15) is 23.4 Å². The van der Waals surface area contributed by atoms with Gasteiger partial charge in [0.15, 0.2) is 10.9 Å². The molecule has 0 saturated heterocycles. The van der Waals surface area contributed by atoms with Crippen molar-refractivity contribution >= 4 is 49.9 Å². The second-order valence-corrected chi connectivity index (χ2v) is 8.03. The van der Waals surface area contributed by atoms with Crippen molar-refractivity contribution in [2.24, 2.45) is 0 Å². The van der Waals surface area contributed by atoms with Crippen molar-refractivity contribution in [3.8, 4) is 0 Å². The molecule has 27 heavy (non-hydrogen) atoms. The first-order valence-electron chi connectivity index (χ1n) is 8.35. The number of nitrogens with zero attached hydrogens (tertiary/aromatic N) is 2. The predicted molar refractivity (Wildman–Crippen MR) is 105 cm³/mol. The van der Waals surface area contributed by atoms with E-state index in [0.717, 1.165) is 20.7 Å². The number of ether oxygens (including phenoxy) is 1. The van der Waals surface area contributed by atoms with Gasteiger partial charge in [-0.15, -0.1) is 11.3 Å². The Kier molecular flexibility index (Phi) is 4.45. The van der Waals surface area contributed by atoms with Crippen LogP contribution in [-0.4, -0.2) is 28.6 Å². The number of aryl methyl sites for hydroxylation is 1. The predicted octanol–water partition coefficient (Wildman–Crippen LogP) is 4.13. The summed E-state index contributed by atoms with van der Waals surface area (Å²) >= 11 is 2.75. The molecule has 0 spiro atoms. The fourth-order valence-corrected chi connectivity index (χ4v) is 4.97. The van der Waals surface area contributed by atoms with E-state index < -0.39 is 23.7 Å². The van der Waals surface area contributed by atoms with Gasteiger partial charge < -0.3 is 9.84 Å². The maximum Gasteiger partial charge on any atom is 0.340 e. The molecule has 1 N–H and O–H groups in total. The van der Waals surface area contributed by atoms with Gasteiger partial charge >= 0.3 is 5.97 Å². The van der Waals surface area contributed by atoms with Crippen molar-refractivity contribution in [3.63, 3.8) is 0 Å². The van der Waals surface area contributed by atoms with Gasteiger partial charge in [-0.2, -0.15) is 0 Å². The minimum atomic E-state index is -0.752. The van der Waals surface area contributed by atoms with Gasteiger partial charge in [0.05, 0.1) is 16.8 Å². The zero-order valence-electron chi connectivity index (χ0n) is 14.6. The Hall–Kier alpha value is -2.71. The number of fused-ring (bicyclic) bond motifs is 1. The fourth-order valence-electron chi connectivity index (χ4n) is 3.06. The largest absolute Gasteiger partial charge is 0.503 e. The van der Waals surface area contributed by atoms with Crippen LogP contribution < -0.4 is 4.90 Å². The standard InChI is InChI=1S/C19H16N2O4S2/c1-3-25-18(24)14-15(12-5-4-8-26-12)21(17(23)16(14)22)19-20-11-7-6-10(2)9-13(11)27-19/h4-9,15,22H,3H2,1-2H3. The molecule has 3 aromatic rings. The van der Waals surface area contributed by atoms with Crippen molar-refractivity contribution in [1.82, 2.24) is 4.98 Å². The molecule has 1 unspecified atom stereocenters. The number of esters is 1. The van der Waals surface area contributed by atoms with Crippen LogP contribution in [0.3, 0.4) is 0 Å². The van der Waals surface area contributed by atoms with Crippen LogP contribution in [0.4, 0.5) is 5.13 Å². The molecule has 0 radical (unpaired) electrons. The molecule has 0 aliphatic carbocycles. The second kappa shape index (κ2) is 6.79. The topological polar surface area (TPSA) is 79.7 Å². The van der Waals surface area contributed by atoms with Crippen molar-refractivity contribution in [2.45, 2.75) is 19.9 Å². The summed E-state index contributed by atoms with van der Waals surface area (Å²) in [5.41, 5.74) is 1.82. The Labute approximate surface area is 163 Å². The quantitative estimate of drug-likeness (QED) is 0.666. The number of hydrogen-bond donors (Lipinski definition) is 1. The molecule has 1 amide bonds. The van der Waals surface area contributed by atoms with Crippen LogP contribution in [0.5, 0.6) is 0 Å². The Bertz CT molecular complexity index is 1070. The van der Waals surface area contributed by atoms with Crippen molar-refractivity contribution in [2.75, 3.05) is 11.5 Å². The van der Waals surface area contributed by atoms with Gasteiger partial charge in [-0.1, -0.05) is 23.5 Å². The van der Waals surface area contributed by atoms with E-state index in [1.807, 2.05) is 42.6 Å². The summed E-state index contributed by atoms with van der Waals surface area (Å²) in [6, 6.07) is 8.75. The highest BCUT2D eigenvalue weighted by Gasteiger charge is 2.47. The van der Waals surface area contributed by atoms with E-state index in [2.05, 4.69) is 4.98 Å². The normalized spacial score (nSPS) is 17.2. The lowest BCUT2D eigenvalue weighted by molar-refractivity contribution is -0.139. The molecule has 8 heteroatoms. The molecule has 0 fully saturated rings. The number of aromatic nitrogens is 1. The van der Waals surface area contributed by atoms with E-state index in [0.29, 0.717) is 5.13 Å². The van der Waals surface area contributed by atoms with E-state index in [4.69, 9.17) is 4.74 Å². The highest BCUT2D eigenvalue weighted by Crippen LogP contribution is 2.44. The number of hydrogen-bond acceptors (Lipinski definition) is 7. The number of carbonyl (C=O) groups is 2. The van der Waals surface area contributed by atoms with Crippen LogP contribution in [0, 0.1) is 6.92 Å². The summed E-state index contributed by atoms with van der Waals surface area (Å²) in [5, 5.41) is 12.7. The number of benzene rings is 1. The zero-order valence-corrected chi connectivity index (χ0v) is 16.3. The third-order valence-corrected chi connectivity index (χ3v) is 6.20. The lowest BCUT2D eigenvalue weighted by Gasteiger charge is -2.22. The monoisotopic (exact) mass is 400 g/mol. The van der Waals surface area contributed by atoms with Gasteiger partial charge in [0.25, 0.3) is 5.91 Å². The summed E-state index contributed by atoms with van der Waals surface area (Å²) in [6.45, 7) is 3.82. The molecular formula is C19H16N2O4S2. The number of amides is 1. The average molecular weight is 400 g/mol. The minimum absolute atomic E-state index is 0.0419. The van der Waals surface area contributed by atoms with Gasteiger partial charge in [-0.25, -0.2) is 9.78 Å². The third-order valence-electron chi connectivity index (χ3n) is 4.25. The Morgan fingerprint density at radius 3 is 2.89 bits per heavy atom. The first kappa shape index (κ1) is 17.7. The number of aliphatic hydroxyl groups is 1. The highest BCUT2D eigenvalue weighted by atomic mass is 32.1. The van der Waals surface area contributed by atoms with Crippen LogP contribution in [-0.2, 0) is 14.3 Å². The number of rotatable bonds is 4. The fraction of sp³-hybridized carbons (Fsp3) is 0.211. The van der Waals surface area contributed by atoms with E-state index >= 15 is 0 Å². The maximum atomic E-state index is 12.9. The molecule has 1 aliphatic heterocycles. The van der Waals surface area contributed by atoms with E-state index in [1.165, 1.54) is 27.6 Å². The number of carbonyl (C=O) groups excluding carboxylic acids is 2. The number of thiazole rings is 1. The van der Waals surface area contributed by atoms with Crippen molar-refractivity contribution in [1.29, 1.82) is 0 Å². The molecule has 1 aliphatic rings. The van der Waals surface area contributed by atoms with Gasteiger partial charge in [-0.3, -0.25) is 9.69 Å². The van der Waals surface area contributed by atoms with E-state index in [1.54, 1.807) is 6.92 Å². The first-order valence-corrected chi connectivity index (χ1v) is 10.0. The lowest BCUT2D eigenvalue weighted by Crippen LogP contribution is -2.30. The minimum Gasteiger partial charge on any atom is -0.503 e. The van der Waals surface area contributed by atoms with E-state index in [-0.39, 0.29) is 12.2 Å². The van der Waals surface area contributed by atoms with Gasteiger partial charge in [0, 0.05) is 4.88 Å².